The number of amides is 1. The van der Waals surface area contributed by atoms with Crippen LogP contribution < -0.4 is 5.32 Å². The van der Waals surface area contributed by atoms with Crippen LogP contribution in [0, 0.1) is 0 Å². The number of nitrogens with zero attached hydrogens (tertiary/aromatic N) is 1. The summed E-state index contributed by atoms with van der Waals surface area (Å²) in [7, 11) is 2.03. The number of rotatable bonds is 6. The lowest BCUT2D eigenvalue weighted by molar-refractivity contribution is 0.0951. The average molecular weight is 439 g/mol. The molecule has 0 bridgehead atoms. The Morgan fingerprint density at radius 2 is 1.86 bits per heavy atom. The van der Waals surface area contributed by atoms with Crippen molar-refractivity contribution in [1.29, 1.82) is 0 Å². The van der Waals surface area contributed by atoms with Crippen molar-refractivity contribution in [2.45, 2.75) is 32.0 Å². The molecule has 5 heteroatoms. The van der Waals surface area contributed by atoms with Crippen molar-refractivity contribution in [1.82, 2.24) is 10.2 Å². The van der Waals surface area contributed by atoms with Crippen molar-refractivity contribution in [2.75, 3.05) is 7.05 Å². The fourth-order valence-corrected chi connectivity index (χ4v) is 3.79. The van der Waals surface area contributed by atoms with Crippen LogP contribution in [0.2, 0.25) is 0 Å². The third-order valence-corrected chi connectivity index (χ3v) is 5.57. The minimum Gasteiger partial charge on any atom is -0.508 e. The second-order valence-corrected chi connectivity index (χ2v) is 8.46. The molecule has 4 nitrogen and oxygen atoms in total. The molecule has 2 N–H and O–H groups in total. The highest BCUT2D eigenvalue weighted by molar-refractivity contribution is 9.10. The number of hydrogen-bond donors (Lipinski definition) is 2. The Labute approximate surface area is 173 Å². The van der Waals surface area contributed by atoms with Crippen LogP contribution in [0.5, 0.6) is 5.75 Å². The Kier molecular flexibility index (Phi) is 5.38. The van der Waals surface area contributed by atoms with Crippen LogP contribution in [-0.4, -0.2) is 29.0 Å². The number of fused-ring (bicyclic) bond motifs is 1. The Bertz CT molecular complexity index is 1010. The van der Waals surface area contributed by atoms with Crippen molar-refractivity contribution in [3.05, 3.63) is 75.8 Å². The zero-order valence-corrected chi connectivity index (χ0v) is 17.4. The summed E-state index contributed by atoms with van der Waals surface area (Å²) in [6, 6.07) is 17.9. The van der Waals surface area contributed by atoms with Gasteiger partial charge < -0.3 is 10.4 Å². The normalized spacial score (nSPS) is 13.8. The van der Waals surface area contributed by atoms with E-state index in [1.165, 1.54) is 0 Å². The van der Waals surface area contributed by atoms with Crippen LogP contribution in [0.3, 0.4) is 0 Å². The monoisotopic (exact) mass is 438 g/mol. The zero-order chi connectivity index (χ0) is 19.7. The molecule has 0 spiro atoms. The predicted molar refractivity (Wildman–Crippen MR) is 115 cm³/mol. The molecule has 0 aliphatic heterocycles. The smallest absolute Gasteiger partial charge is 0.251 e. The number of phenols is 1. The summed E-state index contributed by atoms with van der Waals surface area (Å²) in [4.78, 5) is 14.3. The van der Waals surface area contributed by atoms with Crippen LogP contribution >= 0.6 is 15.9 Å². The van der Waals surface area contributed by atoms with Gasteiger partial charge in [-0.15, -0.1) is 0 Å². The van der Waals surface area contributed by atoms with E-state index in [2.05, 4.69) is 32.2 Å². The summed E-state index contributed by atoms with van der Waals surface area (Å²) >= 11 is 3.50. The lowest BCUT2D eigenvalue weighted by Gasteiger charge is -2.19. The van der Waals surface area contributed by atoms with Crippen LogP contribution in [-0.2, 0) is 13.1 Å². The van der Waals surface area contributed by atoms with Crippen LogP contribution in [0.1, 0.15) is 34.3 Å². The van der Waals surface area contributed by atoms with Gasteiger partial charge in [0.2, 0.25) is 0 Å². The summed E-state index contributed by atoms with van der Waals surface area (Å²) in [5.41, 5.74) is 2.76. The molecule has 0 saturated heterocycles. The minimum atomic E-state index is 0.00856. The van der Waals surface area contributed by atoms with Gasteiger partial charge in [-0.3, -0.25) is 9.69 Å². The van der Waals surface area contributed by atoms with Crippen molar-refractivity contribution in [3.8, 4) is 5.75 Å². The Morgan fingerprint density at radius 1 is 1.11 bits per heavy atom. The van der Waals surface area contributed by atoms with E-state index in [4.69, 9.17) is 0 Å². The van der Waals surface area contributed by atoms with E-state index in [9.17, 15) is 9.90 Å². The number of aromatic hydroxyl groups is 1. The molecule has 1 aliphatic carbocycles. The third-order valence-electron chi connectivity index (χ3n) is 5.08. The first kappa shape index (κ1) is 19.0. The molecule has 144 valence electrons. The molecular weight excluding hydrogens is 416 g/mol. The summed E-state index contributed by atoms with van der Waals surface area (Å²) in [5, 5.41) is 15.6. The summed E-state index contributed by atoms with van der Waals surface area (Å²) < 4.78 is 1.02. The summed E-state index contributed by atoms with van der Waals surface area (Å²) in [6.07, 6.45) is 2.18. The second-order valence-electron chi connectivity index (χ2n) is 7.55. The fraction of sp³-hybridized carbons (Fsp3) is 0.261. The van der Waals surface area contributed by atoms with Crippen LogP contribution in [0.4, 0.5) is 0 Å². The standard InChI is InChI=1S/C23H23BrN2O2/c1-26(13-15-2-4-16(5-3-15)23(28)25-19-8-9-19)14-21-20-10-7-18(24)12-17(20)6-11-22(21)27/h2-7,10-12,19,27H,8-9,13-14H2,1H3,(H,25,28). The molecule has 1 saturated carbocycles. The maximum Gasteiger partial charge on any atom is 0.251 e. The van der Waals surface area contributed by atoms with Crippen molar-refractivity contribution >= 4 is 32.6 Å². The van der Waals surface area contributed by atoms with Crippen molar-refractivity contribution < 1.29 is 9.90 Å². The first-order valence-electron chi connectivity index (χ1n) is 9.48. The molecule has 0 heterocycles. The molecule has 0 radical (unpaired) electrons. The van der Waals surface area contributed by atoms with Crippen LogP contribution in [0.25, 0.3) is 10.8 Å². The Hall–Kier alpha value is -2.37. The number of hydrogen-bond acceptors (Lipinski definition) is 3. The molecule has 3 aromatic carbocycles. The van der Waals surface area contributed by atoms with E-state index in [-0.39, 0.29) is 5.91 Å². The van der Waals surface area contributed by atoms with Gasteiger partial charge in [0.05, 0.1) is 0 Å². The van der Waals surface area contributed by atoms with E-state index in [1.54, 1.807) is 6.07 Å². The van der Waals surface area contributed by atoms with E-state index in [1.807, 2.05) is 49.5 Å². The number of carbonyl (C=O) groups is 1. The van der Waals surface area contributed by atoms with E-state index >= 15 is 0 Å². The van der Waals surface area contributed by atoms with Gasteiger partial charge in [-0.05, 0) is 66.6 Å². The average Bonchev–Trinajstić information content (AvgIpc) is 3.48. The highest BCUT2D eigenvalue weighted by Crippen LogP contribution is 2.30. The first-order valence-corrected chi connectivity index (χ1v) is 10.3. The number of halogens is 1. The maximum atomic E-state index is 12.1. The number of carbonyl (C=O) groups excluding carboxylic acids is 1. The van der Waals surface area contributed by atoms with Crippen molar-refractivity contribution in [3.63, 3.8) is 0 Å². The van der Waals surface area contributed by atoms with Gasteiger partial charge in [0, 0.05) is 34.7 Å². The lowest BCUT2D eigenvalue weighted by atomic mass is 10.0. The first-order chi connectivity index (χ1) is 13.5. The van der Waals surface area contributed by atoms with Gasteiger partial charge in [-0.1, -0.05) is 40.2 Å². The van der Waals surface area contributed by atoms with Gasteiger partial charge in [0.25, 0.3) is 5.91 Å². The SMILES string of the molecule is CN(Cc1ccc(C(=O)NC2CC2)cc1)Cc1c(O)ccc2cc(Br)ccc12. The number of nitrogens with one attached hydrogen (secondary N) is 1. The molecular formula is C23H23BrN2O2. The maximum absolute atomic E-state index is 12.1. The molecule has 1 aliphatic rings. The number of phenolic OH excluding ortho intramolecular Hbond substituents is 1. The van der Waals surface area contributed by atoms with Gasteiger partial charge in [0.15, 0.2) is 0 Å². The summed E-state index contributed by atoms with van der Waals surface area (Å²) in [5.74, 6) is 0.322. The fourth-order valence-electron chi connectivity index (χ4n) is 3.42. The molecule has 0 aromatic heterocycles. The molecule has 1 amide bonds. The minimum absolute atomic E-state index is 0.00856. The predicted octanol–water partition coefficient (Wildman–Crippen LogP) is 4.83. The molecule has 3 aromatic rings. The van der Waals surface area contributed by atoms with Gasteiger partial charge in [-0.2, -0.15) is 0 Å². The van der Waals surface area contributed by atoms with E-state index in [0.717, 1.165) is 45.8 Å². The van der Waals surface area contributed by atoms with E-state index in [0.29, 0.717) is 23.9 Å². The quantitative estimate of drug-likeness (QED) is 0.579. The lowest BCUT2D eigenvalue weighted by Crippen LogP contribution is -2.25. The van der Waals surface area contributed by atoms with Crippen molar-refractivity contribution in [2.24, 2.45) is 0 Å². The van der Waals surface area contributed by atoms with Gasteiger partial charge >= 0.3 is 0 Å². The zero-order valence-electron chi connectivity index (χ0n) is 15.8. The molecule has 28 heavy (non-hydrogen) atoms. The highest BCUT2D eigenvalue weighted by Gasteiger charge is 2.23. The molecule has 0 unspecified atom stereocenters. The molecule has 4 rings (SSSR count). The number of benzene rings is 3. The summed E-state index contributed by atoms with van der Waals surface area (Å²) in [6.45, 7) is 1.37. The second kappa shape index (κ2) is 7.94. The topological polar surface area (TPSA) is 52.6 Å². The van der Waals surface area contributed by atoms with Crippen LogP contribution in [0.15, 0.2) is 59.1 Å². The van der Waals surface area contributed by atoms with Gasteiger partial charge in [-0.25, -0.2) is 0 Å². The largest absolute Gasteiger partial charge is 0.508 e. The molecule has 1 fully saturated rings. The molecule has 0 atom stereocenters. The Morgan fingerprint density at radius 3 is 2.57 bits per heavy atom. The van der Waals surface area contributed by atoms with E-state index < -0.39 is 0 Å². The highest BCUT2D eigenvalue weighted by atomic mass is 79.9. The van der Waals surface area contributed by atoms with Gasteiger partial charge in [0.1, 0.15) is 5.75 Å². The Balaban J connectivity index is 1.45. The third kappa shape index (κ3) is 4.37.